The van der Waals surface area contributed by atoms with Gasteiger partial charge in [0, 0.05) is 23.8 Å². The normalized spacial score (nSPS) is 11.8. The summed E-state index contributed by atoms with van der Waals surface area (Å²) in [4.78, 5) is 13.3. The third-order valence-electron chi connectivity index (χ3n) is 5.76. The highest BCUT2D eigenvalue weighted by Gasteiger charge is 2.29. The van der Waals surface area contributed by atoms with Crippen LogP contribution in [-0.2, 0) is 0 Å². The Morgan fingerprint density at radius 2 is 1.13 bits per heavy atom. The molecule has 0 bridgehead atoms. The van der Waals surface area contributed by atoms with Crippen LogP contribution in [0.15, 0.2) is 115 Å². The molecule has 4 rings (SSSR count). The molecule has 4 aromatic rings. The average molecular weight is 407 g/mol. The summed E-state index contributed by atoms with van der Waals surface area (Å²) in [6.07, 6.45) is 0.421. The summed E-state index contributed by atoms with van der Waals surface area (Å²) in [5, 5.41) is 0. The maximum Gasteiger partial charge on any atom is 0.163 e. The Morgan fingerprint density at radius 3 is 1.61 bits per heavy atom. The molecule has 0 spiro atoms. The van der Waals surface area contributed by atoms with Crippen molar-refractivity contribution in [3.8, 4) is 5.75 Å². The van der Waals surface area contributed by atoms with E-state index in [1.54, 1.807) is 7.11 Å². The standard InChI is InChI=1S/C29H26O2/c1-31-26-19-17-22(18-20-26)27(21-28(30)23-11-5-2-6-12-23)29(24-13-7-3-8-14-24)25-15-9-4-10-16-25/h2-20,27,29H,21H2,1H3. The van der Waals surface area contributed by atoms with Crippen LogP contribution < -0.4 is 4.74 Å². The second-order valence-corrected chi connectivity index (χ2v) is 7.67. The Labute approximate surface area is 184 Å². The smallest absolute Gasteiger partial charge is 0.163 e. The molecule has 0 aliphatic carbocycles. The van der Waals surface area contributed by atoms with Crippen LogP contribution >= 0.6 is 0 Å². The van der Waals surface area contributed by atoms with Crippen molar-refractivity contribution in [2.24, 2.45) is 0 Å². The molecule has 0 heterocycles. The van der Waals surface area contributed by atoms with Gasteiger partial charge in [0.05, 0.1) is 7.11 Å². The van der Waals surface area contributed by atoms with Gasteiger partial charge in [-0.3, -0.25) is 4.79 Å². The van der Waals surface area contributed by atoms with Gasteiger partial charge in [-0.25, -0.2) is 0 Å². The molecule has 0 saturated carbocycles. The fourth-order valence-corrected chi connectivity index (χ4v) is 4.20. The second-order valence-electron chi connectivity index (χ2n) is 7.67. The summed E-state index contributed by atoms with van der Waals surface area (Å²) in [6.45, 7) is 0. The molecular weight excluding hydrogens is 380 g/mol. The molecule has 0 aromatic heterocycles. The van der Waals surface area contributed by atoms with Gasteiger partial charge < -0.3 is 4.74 Å². The van der Waals surface area contributed by atoms with E-state index in [1.165, 1.54) is 11.1 Å². The molecule has 31 heavy (non-hydrogen) atoms. The van der Waals surface area contributed by atoms with Crippen LogP contribution in [0.1, 0.15) is 45.3 Å². The molecule has 1 unspecified atom stereocenters. The molecule has 0 amide bonds. The molecule has 154 valence electrons. The molecule has 2 nitrogen and oxygen atoms in total. The number of carbonyl (C=O) groups is 1. The molecule has 0 N–H and O–H groups in total. The van der Waals surface area contributed by atoms with Crippen LogP contribution in [0.2, 0.25) is 0 Å². The lowest BCUT2D eigenvalue weighted by atomic mass is 9.74. The number of hydrogen-bond donors (Lipinski definition) is 0. The maximum atomic E-state index is 13.3. The third-order valence-corrected chi connectivity index (χ3v) is 5.76. The lowest BCUT2D eigenvalue weighted by Gasteiger charge is -2.29. The van der Waals surface area contributed by atoms with Crippen molar-refractivity contribution in [1.29, 1.82) is 0 Å². The van der Waals surface area contributed by atoms with Crippen molar-refractivity contribution >= 4 is 5.78 Å². The zero-order valence-corrected chi connectivity index (χ0v) is 17.6. The summed E-state index contributed by atoms with van der Waals surface area (Å²) in [5.74, 6) is 1.01. The number of ether oxygens (including phenoxy) is 1. The van der Waals surface area contributed by atoms with E-state index >= 15 is 0 Å². The molecular formula is C29H26O2. The minimum Gasteiger partial charge on any atom is -0.497 e. The number of rotatable bonds is 8. The summed E-state index contributed by atoms with van der Waals surface area (Å²) in [5.41, 5.74) is 4.29. The molecule has 4 aromatic carbocycles. The summed E-state index contributed by atoms with van der Waals surface area (Å²) in [6, 6.07) is 38.6. The van der Waals surface area contributed by atoms with E-state index in [2.05, 4.69) is 60.7 Å². The quantitative estimate of drug-likeness (QED) is 0.298. The van der Waals surface area contributed by atoms with Crippen molar-refractivity contribution in [2.45, 2.75) is 18.3 Å². The van der Waals surface area contributed by atoms with Gasteiger partial charge in [0.1, 0.15) is 5.75 Å². The molecule has 1 atom stereocenters. The Bertz CT molecular complexity index is 1050. The van der Waals surface area contributed by atoms with Crippen LogP contribution in [0, 0.1) is 0 Å². The zero-order chi connectivity index (χ0) is 21.5. The van der Waals surface area contributed by atoms with Crippen LogP contribution in [0.25, 0.3) is 0 Å². The second kappa shape index (κ2) is 9.90. The van der Waals surface area contributed by atoms with Gasteiger partial charge in [0.15, 0.2) is 5.78 Å². The monoisotopic (exact) mass is 406 g/mol. The minimum atomic E-state index is -0.0107. The number of hydrogen-bond acceptors (Lipinski definition) is 2. The number of ketones is 1. The zero-order valence-electron chi connectivity index (χ0n) is 17.6. The topological polar surface area (TPSA) is 26.3 Å². The highest BCUT2D eigenvalue weighted by atomic mass is 16.5. The summed E-state index contributed by atoms with van der Waals surface area (Å²) in [7, 11) is 1.67. The first-order valence-corrected chi connectivity index (χ1v) is 10.6. The van der Waals surface area contributed by atoms with E-state index in [1.807, 2.05) is 54.6 Å². The van der Waals surface area contributed by atoms with Crippen molar-refractivity contribution < 1.29 is 9.53 Å². The minimum absolute atomic E-state index is 0.0107. The van der Waals surface area contributed by atoms with Gasteiger partial charge in [-0.2, -0.15) is 0 Å². The fourth-order valence-electron chi connectivity index (χ4n) is 4.20. The SMILES string of the molecule is COc1ccc(C(CC(=O)c2ccccc2)C(c2ccccc2)c2ccccc2)cc1. The van der Waals surface area contributed by atoms with Crippen molar-refractivity contribution in [1.82, 2.24) is 0 Å². The largest absolute Gasteiger partial charge is 0.497 e. The summed E-state index contributed by atoms with van der Waals surface area (Å²) >= 11 is 0. The first-order valence-electron chi connectivity index (χ1n) is 10.6. The maximum absolute atomic E-state index is 13.3. The van der Waals surface area contributed by atoms with E-state index in [0.29, 0.717) is 6.42 Å². The predicted molar refractivity (Wildman–Crippen MR) is 126 cm³/mol. The molecule has 2 heteroatoms. The Hall–Kier alpha value is -3.65. The molecule has 0 radical (unpaired) electrons. The first kappa shape index (κ1) is 20.6. The predicted octanol–water partition coefficient (Wildman–Crippen LogP) is 6.88. The molecule has 0 aliphatic rings. The van der Waals surface area contributed by atoms with Gasteiger partial charge in [0.2, 0.25) is 0 Å². The lowest BCUT2D eigenvalue weighted by molar-refractivity contribution is 0.0971. The Kier molecular flexibility index (Phi) is 6.59. The van der Waals surface area contributed by atoms with Gasteiger partial charge in [-0.05, 0) is 28.8 Å². The number of Topliss-reactive ketones (excluding diaryl/α,β-unsaturated/α-hetero) is 1. The van der Waals surface area contributed by atoms with Crippen LogP contribution in [-0.4, -0.2) is 12.9 Å². The highest BCUT2D eigenvalue weighted by Crippen LogP contribution is 2.41. The molecule has 0 fully saturated rings. The van der Waals surface area contributed by atoms with E-state index in [0.717, 1.165) is 16.9 Å². The Morgan fingerprint density at radius 1 is 0.645 bits per heavy atom. The van der Waals surface area contributed by atoms with E-state index in [4.69, 9.17) is 4.74 Å². The van der Waals surface area contributed by atoms with Gasteiger partial charge in [-0.15, -0.1) is 0 Å². The van der Waals surface area contributed by atoms with E-state index in [-0.39, 0.29) is 17.6 Å². The van der Waals surface area contributed by atoms with Gasteiger partial charge >= 0.3 is 0 Å². The van der Waals surface area contributed by atoms with E-state index < -0.39 is 0 Å². The van der Waals surface area contributed by atoms with Crippen molar-refractivity contribution in [2.75, 3.05) is 7.11 Å². The number of carbonyl (C=O) groups excluding carboxylic acids is 1. The van der Waals surface area contributed by atoms with Crippen LogP contribution in [0.3, 0.4) is 0 Å². The summed E-state index contributed by atoms with van der Waals surface area (Å²) < 4.78 is 5.36. The van der Waals surface area contributed by atoms with E-state index in [9.17, 15) is 4.79 Å². The fraction of sp³-hybridized carbons (Fsp3) is 0.138. The third kappa shape index (κ3) is 4.92. The van der Waals surface area contributed by atoms with Crippen LogP contribution in [0.4, 0.5) is 0 Å². The Balaban J connectivity index is 1.80. The van der Waals surface area contributed by atoms with Crippen molar-refractivity contribution in [3.63, 3.8) is 0 Å². The highest BCUT2D eigenvalue weighted by molar-refractivity contribution is 5.96. The first-order chi connectivity index (χ1) is 15.3. The number of methoxy groups -OCH3 is 1. The van der Waals surface area contributed by atoms with Crippen molar-refractivity contribution in [3.05, 3.63) is 138 Å². The molecule has 0 aliphatic heterocycles. The van der Waals surface area contributed by atoms with Crippen LogP contribution in [0.5, 0.6) is 5.75 Å². The number of benzene rings is 4. The lowest BCUT2D eigenvalue weighted by Crippen LogP contribution is -2.17. The average Bonchev–Trinajstić information content (AvgIpc) is 2.85. The van der Waals surface area contributed by atoms with Gasteiger partial charge in [-0.1, -0.05) is 103 Å². The van der Waals surface area contributed by atoms with Gasteiger partial charge in [0.25, 0.3) is 0 Å². The molecule has 0 saturated heterocycles.